The van der Waals surface area contributed by atoms with Crippen LogP contribution >= 0.6 is 0 Å². The van der Waals surface area contributed by atoms with Crippen LogP contribution in [0.25, 0.3) is 0 Å². The minimum absolute atomic E-state index is 0.0285. The third-order valence-electron chi connectivity index (χ3n) is 9.67. The van der Waals surface area contributed by atoms with Crippen LogP contribution in [0, 0.1) is 23.2 Å². The van der Waals surface area contributed by atoms with Crippen molar-refractivity contribution in [3.05, 3.63) is 70.8 Å². The second-order valence-electron chi connectivity index (χ2n) is 13.0. The summed E-state index contributed by atoms with van der Waals surface area (Å²) in [5.74, 6) is -4.37. The predicted molar refractivity (Wildman–Crippen MR) is 147 cm³/mol. The number of nitrogens with zero attached hydrogens (tertiary/aromatic N) is 1. The van der Waals surface area contributed by atoms with Gasteiger partial charge in [0, 0.05) is 6.04 Å². The van der Waals surface area contributed by atoms with Crippen molar-refractivity contribution in [1.82, 2.24) is 10.2 Å². The van der Waals surface area contributed by atoms with Gasteiger partial charge in [-0.2, -0.15) is 26.3 Å². The normalized spacial score (nSPS) is 27.4. The van der Waals surface area contributed by atoms with Gasteiger partial charge < -0.3 is 4.74 Å². The Labute approximate surface area is 251 Å². The smallest absolute Gasteiger partial charge is 0.416 e. The topological polar surface area (TPSA) is 75.7 Å². The van der Waals surface area contributed by atoms with Crippen LogP contribution < -0.4 is 5.32 Å². The van der Waals surface area contributed by atoms with E-state index in [0.717, 1.165) is 68.5 Å². The number of alkyl halides is 6. The Morgan fingerprint density at radius 2 is 1.25 bits per heavy atom. The number of nitrogens with one attached hydrogen (secondary N) is 1. The number of methoxy groups -OCH3 is 1. The van der Waals surface area contributed by atoms with E-state index in [9.17, 15) is 40.7 Å². The maximum atomic E-state index is 14.4. The summed E-state index contributed by atoms with van der Waals surface area (Å²) in [6.07, 6.45) is -6.74. The Morgan fingerprint density at radius 3 is 1.64 bits per heavy atom. The highest BCUT2D eigenvalue weighted by Gasteiger charge is 2.69. The highest BCUT2D eigenvalue weighted by molar-refractivity contribution is 6.09. The molecule has 1 N–H and O–H groups in total. The highest BCUT2D eigenvalue weighted by Crippen LogP contribution is 2.53. The van der Waals surface area contributed by atoms with Gasteiger partial charge in [-0.3, -0.25) is 24.6 Å². The minimum atomic E-state index is -4.68. The van der Waals surface area contributed by atoms with E-state index in [0.29, 0.717) is 18.8 Å². The van der Waals surface area contributed by atoms with Crippen molar-refractivity contribution in [2.45, 2.75) is 76.4 Å². The summed E-state index contributed by atoms with van der Waals surface area (Å²) >= 11 is 0. The first-order valence-electron chi connectivity index (χ1n) is 14.5. The van der Waals surface area contributed by atoms with Crippen molar-refractivity contribution in [3.8, 4) is 0 Å². The molecule has 2 aliphatic heterocycles. The summed E-state index contributed by atoms with van der Waals surface area (Å²) in [7, 11) is 1.10. The first-order valence-corrected chi connectivity index (χ1v) is 14.5. The molecule has 5 rings (SSSR count). The number of imide groups is 1. The molecule has 2 heterocycles. The van der Waals surface area contributed by atoms with Gasteiger partial charge in [-0.1, -0.05) is 45.0 Å². The Hall–Kier alpha value is -3.41. The fraction of sp³-hybridized carbons (Fsp3) is 0.531. The molecule has 1 saturated carbocycles. The molecule has 0 aromatic heterocycles. The summed E-state index contributed by atoms with van der Waals surface area (Å²) in [4.78, 5) is 42.8. The van der Waals surface area contributed by atoms with Gasteiger partial charge >= 0.3 is 18.3 Å². The van der Waals surface area contributed by atoms with E-state index < -0.39 is 70.7 Å². The second-order valence-corrected chi connectivity index (χ2v) is 13.0. The van der Waals surface area contributed by atoms with Gasteiger partial charge in [0.15, 0.2) is 0 Å². The summed E-state index contributed by atoms with van der Waals surface area (Å²) in [6.45, 7) is 6.39. The number of carbonyl (C=O) groups excluding carboxylic acids is 3. The van der Waals surface area contributed by atoms with Crippen LogP contribution in [-0.2, 0) is 37.0 Å². The number of carbonyl (C=O) groups is 3. The predicted octanol–water partition coefficient (Wildman–Crippen LogP) is 6.32. The Bertz CT molecular complexity index is 1360. The van der Waals surface area contributed by atoms with Crippen molar-refractivity contribution in [2.75, 3.05) is 7.11 Å². The standard InChI is InChI=1S/C32H34F6N2O4/c1-29(2,3)17-13-15-22(16-14-17)40-26(41)23-24(27(40)42)30(39-25(23)28(43)44-4,18-5-9-20(10-6-18)31(33,34)35)19-7-11-21(12-8-19)32(36,37)38/h5-12,17,22-25,39H,13-16H2,1-4H3/t17?,22?,23-,24-,25+/m0/s1. The van der Waals surface area contributed by atoms with E-state index in [1.165, 1.54) is 4.90 Å². The van der Waals surface area contributed by atoms with Crippen LogP contribution in [0.1, 0.15) is 68.7 Å². The van der Waals surface area contributed by atoms with Gasteiger partial charge in [0.25, 0.3) is 0 Å². The van der Waals surface area contributed by atoms with Crippen LogP contribution in [0.2, 0.25) is 0 Å². The average molecular weight is 625 g/mol. The quantitative estimate of drug-likeness (QED) is 0.245. The fourth-order valence-corrected chi connectivity index (χ4v) is 7.36. The first kappa shape index (κ1) is 32.0. The number of likely N-dealkylation sites (tertiary alicyclic amines) is 1. The summed E-state index contributed by atoms with van der Waals surface area (Å²) in [6, 6.07) is 5.87. The van der Waals surface area contributed by atoms with Crippen LogP contribution in [0.4, 0.5) is 26.3 Å². The molecule has 0 bridgehead atoms. The molecule has 0 spiro atoms. The highest BCUT2D eigenvalue weighted by atomic mass is 19.4. The molecule has 2 saturated heterocycles. The number of esters is 1. The molecule has 6 nitrogen and oxygen atoms in total. The zero-order valence-electron chi connectivity index (χ0n) is 24.7. The number of amides is 2. The number of fused-ring (bicyclic) bond motifs is 1. The zero-order chi connectivity index (χ0) is 32.4. The van der Waals surface area contributed by atoms with Crippen molar-refractivity contribution in [2.24, 2.45) is 23.2 Å². The van der Waals surface area contributed by atoms with E-state index in [1.807, 2.05) is 0 Å². The lowest BCUT2D eigenvalue weighted by Gasteiger charge is -2.41. The number of hydrogen-bond donors (Lipinski definition) is 1. The van der Waals surface area contributed by atoms with Gasteiger partial charge in [-0.05, 0) is 72.4 Å². The molecule has 0 unspecified atom stereocenters. The van der Waals surface area contributed by atoms with E-state index in [1.54, 1.807) is 0 Å². The van der Waals surface area contributed by atoms with Crippen LogP contribution in [0.15, 0.2) is 48.5 Å². The van der Waals surface area contributed by atoms with E-state index in [4.69, 9.17) is 4.74 Å². The van der Waals surface area contributed by atoms with Crippen molar-refractivity contribution in [3.63, 3.8) is 0 Å². The molecule has 238 valence electrons. The molecule has 12 heteroatoms. The number of halogens is 6. The molecule has 3 atom stereocenters. The maximum absolute atomic E-state index is 14.4. The van der Waals surface area contributed by atoms with Crippen molar-refractivity contribution in [1.29, 1.82) is 0 Å². The molecule has 1 aliphatic carbocycles. The monoisotopic (exact) mass is 624 g/mol. The van der Waals surface area contributed by atoms with E-state index >= 15 is 0 Å². The summed E-state index contributed by atoms with van der Waals surface area (Å²) < 4.78 is 85.9. The third-order valence-corrected chi connectivity index (χ3v) is 9.67. The second kappa shape index (κ2) is 10.9. The van der Waals surface area contributed by atoms with Gasteiger partial charge in [0.05, 0.1) is 35.6 Å². The van der Waals surface area contributed by atoms with E-state index in [-0.39, 0.29) is 16.5 Å². The molecule has 0 radical (unpaired) electrons. The molecular formula is C32H34F6N2O4. The lowest BCUT2D eigenvalue weighted by Crippen LogP contribution is -2.53. The Morgan fingerprint density at radius 1 is 0.795 bits per heavy atom. The first-order chi connectivity index (χ1) is 20.4. The lowest BCUT2D eigenvalue weighted by atomic mass is 9.71. The van der Waals surface area contributed by atoms with Gasteiger partial charge in [0.2, 0.25) is 11.8 Å². The molecule has 3 aliphatic rings. The number of ether oxygens (including phenoxy) is 1. The zero-order valence-corrected chi connectivity index (χ0v) is 24.7. The Kier molecular flexibility index (Phi) is 7.92. The van der Waals surface area contributed by atoms with Crippen LogP contribution in [-0.4, -0.2) is 41.9 Å². The van der Waals surface area contributed by atoms with Crippen LogP contribution in [0.3, 0.4) is 0 Å². The molecule has 44 heavy (non-hydrogen) atoms. The molecule has 2 amide bonds. The van der Waals surface area contributed by atoms with E-state index in [2.05, 4.69) is 26.1 Å². The average Bonchev–Trinajstić information content (AvgIpc) is 3.45. The number of benzene rings is 2. The number of hydrogen-bond acceptors (Lipinski definition) is 5. The lowest BCUT2D eigenvalue weighted by molar-refractivity contribution is -0.150. The Balaban J connectivity index is 1.65. The maximum Gasteiger partial charge on any atom is 0.416 e. The van der Waals surface area contributed by atoms with Gasteiger partial charge in [-0.25, -0.2) is 0 Å². The van der Waals surface area contributed by atoms with Crippen molar-refractivity contribution < 1.29 is 45.5 Å². The molecule has 3 fully saturated rings. The molecular weight excluding hydrogens is 590 g/mol. The van der Waals surface area contributed by atoms with Gasteiger partial charge in [-0.15, -0.1) is 0 Å². The summed E-state index contributed by atoms with van der Waals surface area (Å²) in [5, 5.41) is 3.01. The largest absolute Gasteiger partial charge is 0.468 e. The van der Waals surface area contributed by atoms with Crippen molar-refractivity contribution >= 4 is 17.8 Å². The summed E-state index contributed by atoms with van der Waals surface area (Å²) in [5.41, 5.74) is -3.57. The van der Waals surface area contributed by atoms with Gasteiger partial charge in [0.1, 0.15) is 6.04 Å². The minimum Gasteiger partial charge on any atom is -0.468 e. The fourth-order valence-electron chi connectivity index (χ4n) is 7.36. The van der Waals surface area contributed by atoms with Crippen LogP contribution in [0.5, 0.6) is 0 Å². The molecule has 2 aromatic carbocycles. The number of rotatable bonds is 4. The SMILES string of the molecule is COC(=O)[C@@H]1NC(c2ccc(C(F)(F)F)cc2)(c2ccc(C(F)(F)F)cc2)[C@@H]2C(=O)N(C3CCC(C(C)(C)C)CC3)C(=O)[C@@H]21. The third kappa shape index (κ3) is 5.28. The molecule has 2 aromatic rings.